The van der Waals surface area contributed by atoms with Gasteiger partial charge in [0.15, 0.2) is 0 Å². The number of halogens is 1. The lowest BCUT2D eigenvalue weighted by Crippen LogP contribution is -2.17. The largest absolute Gasteiger partial charge is 0.316 e. The van der Waals surface area contributed by atoms with Crippen LogP contribution in [0.2, 0.25) is 0 Å². The molecule has 0 spiro atoms. The predicted molar refractivity (Wildman–Crippen MR) is 124 cm³/mol. The minimum Gasteiger partial charge on any atom is -0.316 e. The standard InChI is InChI=1S/C24H28N4O.ClH/c1-17-4-3-5-21(12-17)16-28-23(18(2)14-26-28)27-24(29)22-8-6-19(7-9-22)13-20-10-11-25-15-20;/h3-9,12,14,20,25H,10-11,13,15-16H2,1-2H3,(H,27,29);1H. The van der Waals surface area contributed by atoms with Gasteiger partial charge in [-0.2, -0.15) is 5.10 Å². The van der Waals surface area contributed by atoms with Gasteiger partial charge in [0, 0.05) is 11.1 Å². The molecular weight excluding hydrogens is 396 g/mol. The van der Waals surface area contributed by atoms with E-state index in [1.807, 2.05) is 29.8 Å². The van der Waals surface area contributed by atoms with Gasteiger partial charge in [0.2, 0.25) is 0 Å². The fourth-order valence-electron chi connectivity index (χ4n) is 3.94. The molecule has 6 heteroatoms. The van der Waals surface area contributed by atoms with Crippen molar-refractivity contribution in [2.24, 2.45) is 5.92 Å². The van der Waals surface area contributed by atoms with Crippen molar-refractivity contribution < 1.29 is 4.79 Å². The molecule has 0 saturated carbocycles. The van der Waals surface area contributed by atoms with Crippen molar-refractivity contribution >= 4 is 24.1 Å². The van der Waals surface area contributed by atoms with Crippen LogP contribution in [0.15, 0.2) is 54.7 Å². The van der Waals surface area contributed by atoms with E-state index in [-0.39, 0.29) is 18.3 Å². The first-order valence-corrected chi connectivity index (χ1v) is 10.3. The van der Waals surface area contributed by atoms with E-state index in [0.29, 0.717) is 18.0 Å². The van der Waals surface area contributed by atoms with Crippen LogP contribution in [-0.4, -0.2) is 28.8 Å². The van der Waals surface area contributed by atoms with Crippen LogP contribution >= 0.6 is 12.4 Å². The lowest BCUT2D eigenvalue weighted by molar-refractivity contribution is 0.102. The van der Waals surface area contributed by atoms with Crippen LogP contribution in [0.4, 0.5) is 5.82 Å². The molecule has 1 aliphatic heterocycles. The zero-order valence-corrected chi connectivity index (χ0v) is 18.3. The summed E-state index contributed by atoms with van der Waals surface area (Å²) in [6, 6.07) is 16.3. The van der Waals surface area contributed by atoms with Gasteiger partial charge in [-0.3, -0.25) is 4.79 Å². The Morgan fingerprint density at radius 2 is 1.97 bits per heavy atom. The molecule has 1 aromatic heterocycles. The van der Waals surface area contributed by atoms with E-state index >= 15 is 0 Å². The van der Waals surface area contributed by atoms with Crippen molar-refractivity contribution in [2.45, 2.75) is 33.2 Å². The van der Waals surface area contributed by atoms with Gasteiger partial charge in [-0.05, 0) is 69.0 Å². The fourth-order valence-corrected chi connectivity index (χ4v) is 3.94. The van der Waals surface area contributed by atoms with Crippen LogP contribution in [0.5, 0.6) is 0 Å². The molecule has 5 nitrogen and oxygen atoms in total. The summed E-state index contributed by atoms with van der Waals surface area (Å²) in [5.74, 6) is 1.35. The second kappa shape index (κ2) is 9.92. The second-order valence-corrected chi connectivity index (χ2v) is 8.04. The number of hydrogen-bond acceptors (Lipinski definition) is 3. The van der Waals surface area contributed by atoms with Crippen LogP contribution in [0.1, 0.15) is 39.0 Å². The molecule has 1 fully saturated rings. The molecule has 1 amide bonds. The van der Waals surface area contributed by atoms with Gasteiger partial charge in [-0.25, -0.2) is 4.68 Å². The normalized spacial score (nSPS) is 15.6. The minimum atomic E-state index is -0.104. The topological polar surface area (TPSA) is 59.0 Å². The van der Waals surface area contributed by atoms with Gasteiger partial charge in [0.05, 0.1) is 12.7 Å². The van der Waals surface area contributed by atoms with Gasteiger partial charge in [0.1, 0.15) is 5.82 Å². The van der Waals surface area contributed by atoms with E-state index in [2.05, 4.69) is 53.0 Å². The summed E-state index contributed by atoms with van der Waals surface area (Å²) in [5, 5.41) is 10.9. The molecule has 30 heavy (non-hydrogen) atoms. The Kier molecular flexibility index (Phi) is 7.29. The Hall–Kier alpha value is -2.63. The Morgan fingerprint density at radius 3 is 2.67 bits per heavy atom. The van der Waals surface area contributed by atoms with Gasteiger partial charge in [-0.1, -0.05) is 42.0 Å². The Balaban J connectivity index is 0.00000256. The van der Waals surface area contributed by atoms with Crippen LogP contribution in [0.3, 0.4) is 0 Å². The molecule has 4 rings (SSSR count). The molecule has 1 saturated heterocycles. The van der Waals surface area contributed by atoms with Crippen LogP contribution in [0, 0.1) is 19.8 Å². The number of nitrogens with zero attached hydrogens (tertiary/aromatic N) is 2. The minimum absolute atomic E-state index is 0. The number of nitrogens with one attached hydrogen (secondary N) is 2. The first-order chi connectivity index (χ1) is 14.1. The predicted octanol–water partition coefficient (Wildman–Crippen LogP) is 4.37. The summed E-state index contributed by atoms with van der Waals surface area (Å²) in [4.78, 5) is 12.8. The highest BCUT2D eigenvalue weighted by Gasteiger charge is 2.16. The number of aryl methyl sites for hydroxylation is 2. The number of carbonyl (C=O) groups excluding carboxylic acids is 1. The van der Waals surface area contributed by atoms with Gasteiger partial charge in [-0.15, -0.1) is 12.4 Å². The number of aromatic nitrogens is 2. The molecule has 3 aromatic rings. The first kappa shape index (κ1) is 22.1. The first-order valence-electron chi connectivity index (χ1n) is 10.3. The van der Waals surface area contributed by atoms with Crippen molar-refractivity contribution in [1.82, 2.24) is 15.1 Å². The molecule has 0 aliphatic carbocycles. The van der Waals surface area contributed by atoms with Crippen molar-refractivity contribution in [1.29, 1.82) is 0 Å². The van der Waals surface area contributed by atoms with Crippen molar-refractivity contribution in [2.75, 3.05) is 18.4 Å². The lowest BCUT2D eigenvalue weighted by Gasteiger charge is -2.12. The highest BCUT2D eigenvalue weighted by Crippen LogP contribution is 2.19. The molecule has 158 valence electrons. The highest BCUT2D eigenvalue weighted by atomic mass is 35.5. The Bertz CT molecular complexity index is 991. The van der Waals surface area contributed by atoms with E-state index in [1.54, 1.807) is 6.20 Å². The maximum atomic E-state index is 12.8. The summed E-state index contributed by atoms with van der Waals surface area (Å²) >= 11 is 0. The number of carbonyl (C=O) groups is 1. The molecule has 1 atom stereocenters. The van der Waals surface area contributed by atoms with Crippen molar-refractivity contribution in [3.05, 3.63) is 82.5 Å². The SMILES string of the molecule is Cc1cccc(Cn2ncc(C)c2NC(=O)c2ccc(CC3CCNC3)cc2)c1.Cl. The number of hydrogen-bond donors (Lipinski definition) is 2. The molecular formula is C24H29ClN4O. The molecule has 2 heterocycles. The molecule has 2 aromatic carbocycles. The zero-order valence-electron chi connectivity index (χ0n) is 17.5. The van der Waals surface area contributed by atoms with Crippen LogP contribution < -0.4 is 10.6 Å². The molecule has 2 N–H and O–H groups in total. The van der Waals surface area contributed by atoms with E-state index in [0.717, 1.165) is 36.5 Å². The summed E-state index contributed by atoms with van der Waals surface area (Å²) < 4.78 is 1.85. The van der Waals surface area contributed by atoms with E-state index in [9.17, 15) is 4.79 Å². The highest BCUT2D eigenvalue weighted by molar-refractivity contribution is 6.04. The Labute approximate surface area is 184 Å². The third kappa shape index (κ3) is 5.29. The third-order valence-corrected chi connectivity index (χ3v) is 5.57. The summed E-state index contributed by atoms with van der Waals surface area (Å²) in [6.45, 7) is 6.87. The Morgan fingerprint density at radius 1 is 1.17 bits per heavy atom. The van der Waals surface area contributed by atoms with Gasteiger partial charge < -0.3 is 10.6 Å². The molecule has 0 bridgehead atoms. The average molecular weight is 425 g/mol. The quantitative estimate of drug-likeness (QED) is 0.617. The molecule has 1 aliphatic rings. The number of benzene rings is 2. The monoisotopic (exact) mass is 424 g/mol. The van der Waals surface area contributed by atoms with Gasteiger partial charge >= 0.3 is 0 Å². The average Bonchev–Trinajstić information content (AvgIpc) is 3.34. The number of rotatable bonds is 6. The number of amides is 1. The summed E-state index contributed by atoms with van der Waals surface area (Å²) in [6.07, 6.45) is 4.09. The van der Waals surface area contributed by atoms with E-state index in [1.165, 1.54) is 17.5 Å². The van der Waals surface area contributed by atoms with Crippen molar-refractivity contribution in [3.8, 4) is 0 Å². The molecule has 0 radical (unpaired) electrons. The number of anilines is 1. The zero-order chi connectivity index (χ0) is 20.2. The second-order valence-electron chi connectivity index (χ2n) is 8.04. The van der Waals surface area contributed by atoms with E-state index < -0.39 is 0 Å². The maximum absolute atomic E-state index is 12.8. The summed E-state index contributed by atoms with van der Waals surface area (Å²) in [5.41, 5.74) is 5.29. The van der Waals surface area contributed by atoms with Crippen LogP contribution in [-0.2, 0) is 13.0 Å². The maximum Gasteiger partial charge on any atom is 0.256 e. The van der Waals surface area contributed by atoms with Crippen molar-refractivity contribution in [3.63, 3.8) is 0 Å². The molecule has 1 unspecified atom stereocenters. The smallest absolute Gasteiger partial charge is 0.256 e. The third-order valence-electron chi connectivity index (χ3n) is 5.57. The fraction of sp³-hybridized carbons (Fsp3) is 0.333. The summed E-state index contributed by atoms with van der Waals surface area (Å²) in [7, 11) is 0. The van der Waals surface area contributed by atoms with Crippen LogP contribution in [0.25, 0.3) is 0 Å². The lowest BCUT2D eigenvalue weighted by atomic mass is 9.98. The van der Waals surface area contributed by atoms with E-state index in [4.69, 9.17) is 0 Å². The van der Waals surface area contributed by atoms with Gasteiger partial charge in [0.25, 0.3) is 5.91 Å².